The Balaban J connectivity index is 0.000000605. The van der Waals surface area contributed by atoms with Gasteiger partial charge in [-0.15, -0.1) is 0 Å². The van der Waals surface area contributed by atoms with E-state index < -0.39 is 0 Å². The topological polar surface area (TPSA) is 52.0 Å². The number of oxazole rings is 1. The Bertz CT molecular complexity index is 325. The molecule has 2 aromatic rings. The molecule has 0 aliphatic heterocycles. The number of nitrogen functional groups attached to an aromatic ring is 1. The number of aromatic nitrogens is 1. The summed E-state index contributed by atoms with van der Waals surface area (Å²) in [7, 11) is 0. The molecule has 3 nitrogen and oxygen atoms in total. The standard InChI is InChI=1S/C7H6N2O/c8-7-9-5-3-1-2-4-6(5)10-7/h1-4H,(H2,8,9)/p+1. The van der Waals surface area contributed by atoms with Gasteiger partial charge < -0.3 is 10.2 Å². The summed E-state index contributed by atoms with van der Waals surface area (Å²) < 4.78 is 5.03. The lowest BCUT2D eigenvalue weighted by Gasteiger charge is -1.79. The molecule has 0 unspecified atom stereocenters. The fourth-order valence-electron chi connectivity index (χ4n) is 0.890. The van der Waals surface area contributed by atoms with Gasteiger partial charge in [0.15, 0.2) is 5.58 Å². The van der Waals surface area contributed by atoms with Gasteiger partial charge in [-0.3, -0.25) is 0 Å². The van der Waals surface area contributed by atoms with E-state index in [9.17, 15) is 0 Å². The SMILES string of the molecule is Nc1nc2ccccc2o1.[H+]. The van der Waals surface area contributed by atoms with Crippen LogP contribution in [0.25, 0.3) is 11.1 Å². The van der Waals surface area contributed by atoms with Gasteiger partial charge in [0.25, 0.3) is 6.01 Å². The molecular weight excluding hydrogens is 128 g/mol. The van der Waals surface area contributed by atoms with Gasteiger partial charge in [0.1, 0.15) is 5.52 Å². The van der Waals surface area contributed by atoms with Crippen LogP contribution in [-0.4, -0.2) is 4.98 Å². The molecule has 0 radical (unpaired) electrons. The van der Waals surface area contributed by atoms with Gasteiger partial charge in [-0.2, -0.15) is 4.98 Å². The number of para-hydroxylation sites is 2. The number of hydrogen-bond acceptors (Lipinski definition) is 3. The first-order chi connectivity index (χ1) is 4.86. The van der Waals surface area contributed by atoms with E-state index in [1.54, 1.807) is 0 Å². The smallest absolute Gasteiger partial charge is 0.424 e. The van der Waals surface area contributed by atoms with Gasteiger partial charge in [-0.05, 0) is 12.1 Å². The van der Waals surface area contributed by atoms with E-state index in [-0.39, 0.29) is 7.44 Å². The zero-order chi connectivity index (χ0) is 6.97. The van der Waals surface area contributed by atoms with Crippen LogP contribution in [0.1, 0.15) is 1.43 Å². The monoisotopic (exact) mass is 135 g/mol. The summed E-state index contributed by atoms with van der Waals surface area (Å²) in [5.74, 6) is 0. The van der Waals surface area contributed by atoms with Crippen LogP contribution in [0.3, 0.4) is 0 Å². The Hall–Kier alpha value is -1.51. The maximum absolute atomic E-state index is 5.31. The van der Waals surface area contributed by atoms with Crippen molar-refractivity contribution in [1.82, 2.24) is 4.98 Å². The van der Waals surface area contributed by atoms with Crippen LogP contribution in [0.15, 0.2) is 28.7 Å². The molecule has 1 aromatic carbocycles. The minimum absolute atomic E-state index is 0. The summed E-state index contributed by atoms with van der Waals surface area (Å²) in [6.07, 6.45) is 0. The number of fused-ring (bicyclic) bond motifs is 1. The van der Waals surface area contributed by atoms with E-state index in [1.165, 1.54) is 0 Å². The van der Waals surface area contributed by atoms with E-state index in [2.05, 4.69) is 4.98 Å². The van der Waals surface area contributed by atoms with Gasteiger partial charge in [-0.1, -0.05) is 12.1 Å². The average Bonchev–Trinajstić information content (AvgIpc) is 2.27. The zero-order valence-electron chi connectivity index (χ0n) is 6.24. The van der Waals surface area contributed by atoms with Crippen molar-refractivity contribution in [3.05, 3.63) is 24.3 Å². The highest BCUT2D eigenvalue weighted by Gasteiger charge is 1.97. The van der Waals surface area contributed by atoms with Crippen molar-refractivity contribution in [3.63, 3.8) is 0 Å². The molecule has 0 aliphatic carbocycles. The van der Waals surface area contributed by atoms with Crippen molar-refractivity contribution >= 4 is 17.1 Å². The number of nitrogens with two attached hydrogens (primary N) is 1. The Labute approximate surface area is 59.0 Å². The molecule has 0 saturated carbocycles. The largest absolute Gasteiger partial charge is 1.00 e. The van der Waals surface area contributed by atoms with Crippen molar-refractivity contribution in [2.24, 2.45) is 0 Å². The van der Waals surface area contributed by atoms with Gasteiger partial charge in [0, 0.05) is 0 Å². The van der Waals surface area contributed by atoms with Crippen molar-refractivity contribution in [2.45, 2.75) is 0 Å². The van der Waals surface area contributed by atoms with Crippen LogP contribution in [0.2, 0.25) is 0 Å². The van der Waals surface area contributed by atoms with Crippen LogP contribution >= 0.6 is 0 Å². The highest BCUT2D eigenvalue weighted by Crippen LogP contribution is 2.14. The van der Waals surface area contributed by atoms with Crippen LogP contribution in [0.4, 0.5) is 6.01 Å². The first-order valence-corrected chi connectivity index (χ1v) is 2.97. The first kappa shape index (κ1) is 5.29. The Kier molecular flexibility index (Phi) is 0.917. The molecule has 10 heavy (non-hydrogen) atoms. The highest BCUT2D eigenvalue weighted by atomic mass is 16.4. The lowest BCUT2D eigenvalue weighted by atomic mass is 10.3. The van der Waals surface area contributed by atoms with Gasteiger partial charge in [0.2, 0.25) is 0 Å². The molecule has 0 fully saturated rings. The molecule has 2 N–H and O–H groups in total. The van der Waals surface area contributed by atoms with Crippen LogP contribution in [0, 0.1) is 0 Å². The number of anilines is 1. The minimum Gasteiger partial charge on any atom is -0.424 e. The molecule has 3 heteroatoms. The number of rotatable bonds is 0. The molecule has 0 atom stereocenters. The van der Waals surface area contributed by atoms with Crippen LogP contribution in [0.5, 0.6) is 0 Å². The van der Waals surface area contributed by atoms with Crippen molar-refractivity contribution in [3.8, 4) is 0 Å². The Morgan fingerprint density at radius 2 is 2.20 bits per heavy atom. The summed E-state index contributed by atoms with van der Waals surface area (Å²) in [6.45, 7) is 0. The molecule has 0 amide bonds. The quantitative estimate of drug-likeness (QED) is 0.595. The third-order valence-corrected chi connectivity index (χ3v) is 1.31. The maximum Gasteiger partial charge on any atom is 1.00 e. The van der Waals surface area contributed by atoms with E-state index >= 15 is 0 Å². The summed E-state index contributed by atoms with van der Waals surface area (Å²) in [5.41, 5.74) is 6.85. The molecular formula is C7H7N2O+. The first-order valence-electron chi connectivity index (χ1n) is 2.97. The second-order valence-corrected chi connectivity index (χ2v) is 2.02. The highest BCUT2D eigenvalue weighted by molar-refractivity contribution is 5.73. The molecule has 0 aliphatic rings. The van der Waals surface area contributed by atoms with Crippen molar-refractivity contribution in [2.75, 3.05) is 5.73 Å². The summed E-state index contributed by atoms with van der Waals surface area (Å²) in [5, 5.41) is 0. The predicted molar refractivity (Wildman–Crippen MR) is 39.5 cm³/mol. The van der Waals surface area contributed by atoms with E-state index in [0.717, 1.165) is 11.1 Å². The van der Waals surface area contributed by atoms with Gasteiger partial charge in [0.05, 0.1) is 0 Å². The molecule has 0 saturated heterocycles. The van der Waals surface area contributed by atoms with Crippen molar-refractivity contribution < 1.29 is 5.84 Å². The van der Waals surface area contributed by atoms with E-state index in [0.29, 0.717) is 0 Å². The molecule has 0 bridgehead atoms. The third kappa shape index (κ3) is 0.639. The van der Waals surface area contributed by atoms with Crippen molar-refractivity contribution in [1.29, 1.82) is 0 Å². The zero-order valence-corrected chi connectivity index (χ0v) is 5.24. The van der Waals surface area contributed by atoms with Gasteiger partial charge in [-0.25, -0.2) is 0 Å². The minimum atomic E-state index is 0. The van der Waals surface area contributed by atoms with E-state index in [4.69, 9.17) is 10.2 Å². The normalized spacial score (nSPS) is 10.4. The number of benzene rings is 1. The second-order valence-electron chi connectivity index (χ2n) is 2.02. The Morgan fingerprint density at radius 1 is 1.40 bits per heavy atom. The fraction of sp³-hybridized carbons (Fsp3) is 0. The Morgan fingerprint density at radius 3 is 3.00 bits per heavy atom. The predicted octanol–water partition coefficient (Wildman–Crippen LogP) is 1.52. The summed E-state index contributed by atoms with van der Waals surface area (Å²) in [4.78, 5) is 3.92. The number of hydrogen-bond donors (Lipinski definition) is 1. The van der Waals surface area contributed by atoms with Gasteiger partial charge >= 0.3 is 1.43 Å². The lowest BCUT2D eigenvalue weighted by Crippen LogP contribution is -1.80. The molecule has 0 spiro atoms. The average molecular weight is 135 g/mol. The molecule has 2 rings (SSSR count). The number of nitrogens with zero attached hydrogens (tertiary/aromatic N) is 1. The second kappa shape index (κ2) is 1.73. The van der Waals surface area contributed by atoms with E-state index in [1.807, 2.05) is 24.3 Å². The summed E-state index contributed by atoms with van der Waals surface area (Å²) in [6, 6.07) is 7.69. The lowest BCUT2D eigenvalue weighted by molar-refractivity contribution is 0.626. The fourth-order valence-corrected chi connectivity index (χ4v) is 0.890. The molecule has 1 heterocycles. The molecule has 50 valence electrons. The molecule has 1 aromatic heterocycles. The maximum atomic E-state index is 5.31. The third-order valence-electron chi connectivity index (χ3n) is 1.31. The summed E-state index contributed by atoms with van der Waals surface area (Å²) >= 11 is 0. The van der Waals surface area contributed by atoms with Crippen LogP contribution in [-0.2, 0) is 0 Å². The van der Waals surface area contributed by atoms with Crippen LogP contribution < -0.4 is 5.73 Å².